The molecular formula is C10H18N2O3. The minimum atomic E-state index is -0.812. The van der Waals surface area contributed by atoms with Crippen molar-refractivity contribution in [3.05, 3.63) is 0 Å². The van der Waals surface area contributed by atoms with Gasteiger partial charge in [-0.2, -0.15) is 0 Å². The van der Waals surface area contributed by atoms with Crippen molar-refractivity contribution in [2.24, 2.45) is 0 Å². The maximum Gasteiger partial charge on any atom is 0.331 e. The van der Waals surface area contributed by atoms with Crippen LogP contribution in [0.2, 0.25) is 0 Å². The van der Waals surface area contributed by atoms with Crippen LogP contribution in [-0.2, 0) is 14.3 Å². The Kier molecular flexibility index (Phi) is 4.08. The molecule has 1 rings (SSSR count). The van der Waals surface area contributed by atoms with E-state index >= 15 is 0 Å². The summed E-state index contributed by atoms with van der Waals surface area (Å²) < 4.78 is 5.00. The summed E-state index contributed by atoms with van der Waals surface area (Å²) in [6.45, 7) is 4.97. The smallest absolute Gasteiger partial charge is 0.331 e. The molecule has 0 atom stereocenters. The molecule has 1 saturated heterocycles. The fourth-order valence-electron chi connectivity index (χ4n) is 1.84. The minimum absolute atomic E-state index is 0.190. The molecule has 1 aliphatic heterocycles. The summed E-state index contributed by atoms with van der Waals surface area (Å²) in [5, 5.41) is 5.88. The van der Waals surface area contributed by atoms with E-state index in [0.717, 1.165) is 13.1 Å². The Balaban J connectivity index is 2.74. The maximum absolute atomic E-state index is 11.8. The molecule has 1 fully saturated rings. The van der Waals surface area contributed by atoms with Gasteiger partial charge in [0.05, 0.1) is 6.61 Å². The van der Waals surface area contributed by atoms with Crippen LogP contribution in [0, 0.1) is 0 Å². The van der Waals surface area contributed by atoms with Gasteiger partial charge in [0.15, 0.2) is 0 Å². The number of carbonyl (C=O) groups excluding carboxylic acids is 2. The third-order valence-corrected chi connectivity index (χ3v) is 2.54. The Morgan fingerprint density at radius 3 is 2.47 bits per heavy atom. The zero-order valence-corrected chi connectivity index (χ0v) is 9.26. The number of hydrogen-bond acceptors (Lipinski definition) is 4. The summed E-state index contributed by atoms with van der Waals surface area (Å²) in [6, 6.07) is 0. The van der Waals surface area contributed by atoms with Crippen molar-refractivity contribution in [2.45, 2.75) is 32.2 Å². The monoisotopic (exact) mass is 214 g/mol. The quantitative estimate of drug-likeness (QED) is 0.639. The summed E-state index contributed by atoms with van der Waals surface area (Å²) in [6.07, 6.45) is 1.18. The highest BCUT2D eigenvalue weighted by molar-refractivity contribution is 5.87. The summed E-state index contributed by atoms with van der Waals surface area (Å²) in [5.74, 6) is -0.508. The van der Waals surface area contributed by atoms with Crippen LogP contribution >= 0.6 is 0 Å². The molecular weight excluding hydrogens is 196 g/mol. The molecule has 0 unspecified atom stereocenters. The number of esters is 1. The molecule has 1 amide bonds. The molecule has 0 spiro atoms. The van der Waals surface area contributed by atoms with Crippen molar-refractivity contribution in [1.29, 1.82) is 0 Å². The molecule has 0 aromatic carbocycles. The van der Waals surface area contributed by atoms with E-state index in [9.17, 15) is 9.59 Å². The van der Waals surface area contributed by atoms with Crippen LogP contribution in [0.15, 0.2) is 0 Å². The lowest BCUT2D eigenvalue weighted by atomic mass is 9.88. The second-order valence-electron chi connectivity index (χ2n) is 3.73. The number of rotatable bonds is 3. The van der Waals surface area contributed by atoms with Gasteiger partial charge in [-0.15, -0.1) is 0 Å². The Hall–Kier alpha value is -1.10. The van der Waals surface area contributed by atoms with Gasteiger partial charge in [0.2, 0.25) is 5.91 Å². The van der Waals surface area contributed by atoms with E-state index in [1.54, 1.807) is 6.92 Å². The molecule has 1 heterocycles. The van der Waals surface area contributed by atoms with Gasteiger partial charge in [-0.05, 0) is 32.9 Å². The average molecular weight is 214 g/mol. The third-order valence-electron chi connectivity index (χ3n) is 2.54. The van der Waals surface area contributed by atoms with E-state index in [2.05, 4.69) is 10.6 Å². The number of piperidine rings is 1. The Bertz CT molecular complexity index is 247. The lowest BCUT2D eigenvalue weighted by Crippen LogP contribution is -2.59. The van der Waals surface area contributed by atoms with E-state index in [1.165, 1.54) is 6.92 Å². The van der Waals surface area contributed by atoms with Crippen LogP contribution in [0.1, 0.15) is 26.7 Å². The fraction of sp³-hybridized carbons (Fsp3) is 0.800. The highest BCUT2D eigenvalue weighted by Crippen LogP contribution is 2.20. The lowest BCUT2D eigenvalue weighted by molar-refractivity contribution is -0.154. The van der Waals surface area contributed by atoms with Crippen LogP contribution in [-0.4, -0.2) is 37.1 Å². The largest absolute Gasteiger partial charge is 0.464 e. The van der Waals surface area contributed by atoms with Crippen molar-refractivity contribution in [3.8, 4) is 0 Å². The molecule has 0 aromatic heterocycles. The van der Waals surface area contributed by atoms with Crippen molar-refractivity contribution in [3.63, 3.8) is 0 Å². The molecule has 0 aliphatic carbocycles. The Labute approximate surface area is 89.6 Å². The normalized spacial score (nSPS) is 19.3. The van der Waals surface area contributed by atoms with Crippen LogP contribution in [0.4, 0.5) is 0 Å². The van der Waals surface area contributed by atoms with Crippen molar-refractivity contribution in [1.82, 2.24) is 10.6 Å². The zero-order chi connectivity index (χ0) is 11.3. The van der Waals surface area contributed by atoms with E-state index < -0.39 is 5.54 Å². The molecule has 2 N–H and O–H groups in total. The number of ether oxygens (including phenoxy) is 1. The first-order valence-corrected chi connectivity index (χ1v) is 5.27. The first-order chi connectivity index (χ1) is 7.10. The number of carbonyl (C=O) groups is 2. The molecule has 0 bridgehead atoms. The standard InChI is InChI=1S/C10H18N2O3/c1-3-15-9(14)10(12-8(2)13)4-6-11-7-5-10/h11H,3-7H2,1-2H3,(H,12,13). The predicted molar refractivity (Wildman–Crippen MR) is 55.3 cm³/mol. The molecule has 86 valence electrons. The first-order valence-electron chi connectivity index (χ1n) is 5.27. The van der Waals surface area contributed by atoms with Crippen molar-refractivity contribution in [2.75, 3.05) is 19.7 Å². The van der Waals surface area contributed by atoms with E-state index in [4.69, 9.17) is 4.74 Å². The van der Waals surface area contributed by atoms with Crippen molar-refractivity contribution >= 4 is 11.9 Å². The molecule has 5 heteroatoms. The van der Waals surface area contributed by atoms with Gasteiger partial charge in [-0.3, -0.25) is 4.79 Å². The van der Waals surface area contributed by atoms with Crippen LogP contribution in [0.3, 0.4) is 0 Å². The molecule has 0 saturated carbocycles. The van der Waals surface area contributed by atoms with Crippen LogP contribution in [0.5, 0.6) is 0 Å². The highest BCUT2D eigenvalue weighted by Gasteiger charge is 2.41. The second kappa shape index (κ2) is 5.11. The molecule has 1 aliphatic rings. The van der Waals surface area contributed by atoms with Crippen LogP contribution < -0.4 is 10.6 Å². The van der Waals surface area contributed by atoms with Gasteiger partial charge in [0, 0.05) is 6.92 Å². The SMILES string of the molecule is CCOC(=O)C1(NC(C)=O)CCNCC1. The van der Waals surface area contributed by atoms with Gasteiger partial charge < -0.3 is 15.4 Å². The lowest BCUT2D eigenvalue weighted by Gasteiger charge is -2.35. The minimum Gasteiger partial charge on any atom is -0.464 e. The van der Waals surface area contributed by atoms with Gasteiger partial charge in [-0.25, -0.2) is 4.79 Å². The van der Waals surface area contributed by atoms with E-state index in [0.29, 0.717) is 19.4 Å². The summed E-state index contributed by atoms with van der Waals surface area (Å²) >= 11 is 0. The predicted octanol–water partition coefficient (Wildman–Crippen LogP) is -0.192. The highest BCUT2D eigenvalue weighted by atomic mass is 16.5. The third kappa shape index (κ3) is 2.92. The van der Waals surface area contributed by atoms with Gasteiger partial charge >= 0.3 is 5.97 Å². The Morgan fingerprint density at radius 2 is 2.00 bits per heavy atom. The van der Waals surface area contributed by atoms with Crippen LogP contribution in [0.25, 0.3) is 0 Å². The summed E-state index contributed by atoms with van der Waals surface area (Å²) in [5.41, 5.74) is -0.812. The summed E-state index contributed by atoms with van der Waals surface area (Å²) in [4.78, 5) is 22.9. The maximum atomic E-state index is 11.8. The van der Waals surface area contributed by atoms with Gasteiger partial charge in [0.1, 0.15) is 5.54 Å². The molecule has 5 nitrogen and oxygen atoms in total. The summed E-state index contributed by atoms with van der Waals surface area (Å²) in [7, 11) is 0. The second-order valence-corrected chi connectivity index (χ2v) is 3.73. The zero-order valence-electron chi connectivity index (χ0n) is 9.26. The molecule has 15 heavy (non-hydrogen) atoms. The fourth-order valence-corrected chi connectivity index (χ4v) is 1.84. The topological polar surface area (TPSA) is 67.4 Å². The first kappa shape index (κ1) is 12.0. The number of hydrogen-bond donors (Lipinski definition) is 2. The van der Waals surface area contributed by atoms with Gasteiger partial charge in [0.25, 0.3) is 0 Å². The van der Waals surface area contributed by atoms with E-state index in [-0.39, 0.29) is 11.9 Å². The van der Waals surface area contributed by atoms with Gasteiger partial charge in [-0.1, -0.05) is 0 Å². The van der Waals surface area contributed by atoms with E-state index in [1.807, 2.05) is 0 Å². The number of nitrogens with one attached hydrogen (secondary N) is 2. The number of amides is 1. The average Bonchev–Trinajstić information content (AvgIpc) is 2.18. The van der Waals surface area contributed by atoms with Crippen molar-refractivity contribution < 1.29 is 14.3 Å². The Morgan fingerprint density at radius 1 is 1.40 bits per heavy atom. The molecule has 0 aromatic rings. The molecule has 0 radical (unpaired) electrons.